The van der Waals surface area contributed by atoms with E-state index in [1.165, 1.54) is 30.2 Å². The molecule has 4 rings (SSSR count). The first-order chi connectivity index (χ1) is 14.2. The normalized spacial score (nSPS) is 22.5. The van der Waals surface area contributed by atoms with Crippen LogP contribution in [0.2, 0.25) is 5.02 Å². The first-order valence-electron chi connectivity index (χ1n) is 10.1. The molecule has 2 heterocycles. The Labute approximate surface area is 181 Å². The van der Waals surface area contributed by atoms with Crippen molar-refractivity contribution in [2.75, 3.05) is 43.0 Å². The van der Waals surface area contributed by atoms with Crippen molar-refractivity contribution < 1.29 is 4.79 Å². The SMILES string of the molecule is O=C(Nc1ccc(CCN2CCSCC2)cc1)C1CNNC1c1ccc(Cl)cc1. The zero-order valence-electron chi connectivity index (χ0n) is 16.4. The van der Waals surface area contributed by atoms with E-state index in [-0.39, 0.29) is 17.9 Å². The number of rotatable bonds is 6. The van der Waals surface area contributed by atoms with E-state index < -0.39 is 0 Å². The Morgan fingerprint density at radius 3 is 2.55 bits per heavy atom. The largest absolute Gasteiger partial charge is 0.326 e. The van der Waals surface area contributed by atoms with Crippen molar-refractivity contribution >= 4 is 35.0 Å². The van der Waals surface area contributed by atoms with Gasteiger partial charge in [0.1, 0.15) is 0 Å². The fourth-order valence-corrected chi connectivity index (χ4v) is 4.93. The highest BCUT2D eigenvalue weighted by molar-refractivity contribution is 7.99. The van der Waals surface area contributed by atoms with Gasteiger partial charge in [-0.1, -0.05) is 35.9 Å². The zero-order chi connectivity index (χ0) is 20.1. The lowest BCUT2D eigenvalue weighted by atomic mass is 9.94. The molecule has 0 bridgehead atoms. The molecular weight excluding hydrogens is 404 g/mol. The van der Waals surface area contributed by atoms with E-state index in [2.05, 4.69) is 33.2 Å². The molecule has 2 aliphatic rings. The number of carbonyl (C=O) groups excluding carboxylic acids is 1. The van der Waals surface area contributed by atoms with Crippen molar-refractivity contribution in [1.82, 2.24) is 15.8 Å². The third-order valence-electron chi connectivity index (χ3n) is 5.59. The summed E-state index contributed by atoms with van der Waals surface area (Å²) in [7, 11) is 0. The van der Waals surface area contributed by atoms with E-state index in [9.17, 15) is 4.79 Å². The third-order valence-corrected chi connectivity index (χ3v) is 6.78. The second-order valence-electron chi connectivity index (χ2n) is 7.55. The summed E-state index contributed by atoms with van der Waals surface area (Å²) >= 11 is 8.03. The Morgan fingerprint density at radius 2 is 1.83 bits per heavy atom. The van der Waals surface area contributed by atoms with Gasteiger partial charge in [0, 0.05) is 48.4 Å². The Hall–Kier alpha value is -1.57. The average Bonchev–Trinajstić information content (AvgIpc) is 3.25. The fourth-order valence-electron chi connectivity index (χ4n) is 3.83. The van der Waals surface area contributed by atoms with E-state index in [0.717, 1.165) is 24.2 Å². The van der Waals surface area contributed by atoms with Crippen molar-refractivity contribution in [2.45, 2.75) is 12.5 Å². The van der Waals surface area contributed by atoms with Crippen LogP contribution in [0.15, 0.2) is 48.5 Å². The molecule has 2 fully saturated rings. The molecule has 0 aromatic heterocycles. The number of nitrogens with one attached hydrogen (secondary N) is 3. The Kier molecular flexibility index (Phi) is 7.11. The topological polar surface area (TPSA) is 56.4 Å². The highest BCUT2D eigenvalue weighted by atomic mass is 35.5. The van der Waals surface area contributed by atoms with Crippen LogP contribution in [0, 0.1) is 5.92 Å². The summed E-state index contributed by atoms with van der Waals surface area (Å²) in [6, 6.07) is 15.8. The van der Waals surface area contributed by atoms with E-state index >= 15 is 0 Å². The van der Waals surface area contributed by atoms with Gasteiger partial charge in [0.05, 0.1) is 12.0 Å². The number of thioether (sulfide) groups is 1. The number of anilines is 1. The minimum absolute atomic E-state index is 0.0148. The number of hydrazine groups is 1. The van der Waals surface area contributed by atoms with Crippen LogP contribution >= 0.6 is 23.4 Å². The maximum atomic E-state index is 12.9. The number of amides is 1. The molecule has 154 valence electrons. The van der Waals surface area contributed by atoms with Crippen LogP contribution in [0.1, 0.15) is 17.2 Å². The van der Waals surface area contributed by atoms with Crippen LogP contribution in [0.25, 0.3) is 0 Å². The molecule has 7 heteroatoms. The highest BCUT2D eigenvalue weighted by Gasteiger charge is 2.33. The summed E-state index contributed by atoms with van der Waals surface area (Å²) in [5.74, 6) is 2.31. The summed E-state index contributed by atoms with van der Waals surface area (Å²) in [6.45, 7) is 4.08. The molecule has 2 unspecified atom stereocenters. The van der Waals surface area contributed by atoms with Crippen molar-refractivity contribution in [3.05, 3.63) is 64.7 Å². The molecule has 2 atom stereocenters. The van der Waals surface area contributed by atoms with E-state index in [4.69, 9.17) is 11.6 Å². The van der Waals surface area contributed by atoms with Gasteiger partial charge in [-0.3, -0.25) is 10.2 Å². The summed E-state index contributed by atoms with van der Waals surface area (Å²) < 4.78 is 0. The Morgan fingerprint density at radius 1 is 1.10 bits per heavy atom. The molecule has 2 aromatic rings. The van der Waals surface area contributed by atoms with Crippen molar-refractivity contribution in [3.63, 3.8) is 0 Å². The van der Waals surface area contributed by atoms with Gasteiger partial charge in [0.25, 0.3) is 0 Å². The number of nitrogens with zero attached hydrogens (tertiary/aromatic N) is 1. The lowest BCUT2D eigenvalue weighted by molar-refractivity contribution is -0.119. The van der Waals surface area contributed by atoms with E-state index in [1.807, 2.05) is 48.2 Å². The predicted octanol–water partition coefficient (Wildman–Crippen LogP) is 3.34. The predicted molar refractivity (Wildman–Crippen MR) is 121 cm³/mol. The molecule has 2 aromatic carbocycles. The average molecular weight is 431 g/mol. The van der Waals surface area contributed by atoms with Crippen molar-refractivity contribution in [2.24, 2.45) is 5.92 Å². The lowest BCUT2D eigenvalue weighted by Gasteiger charge is -2.26. The summed E-state index contributed by atoms with van der Waals surface area (Å²) in [5, 5.41) is 3.76. The van der Waals surface area contributed by atoms with Crippen molar-refractivity contribution in [1.29, 1.82) is 0 Å². The van der Waals surface area contributed by atoms with Crippen molar-refractivity contribution in [3.8, 4) is 0 Å². The maximum absolute atomic E-state index is 12.9. The van der Waals surface area contributed by atoms with Crippen LogP contribution in [0.4, 0.5) is 5.69 Å². The second-order valence-corrected chi connectivity index (χ2v) is 9.21. The van der Waals surface area contributed by atoms with Crippen LogP contribution in [-0.2, 0) is 11.2 Å². The molecule has 0 radical (unpaired) electrons. The second kappa shape index (κ2) is 9.96. The monoisotopic (exact) mass is 430 g/mol. The van der Waals surface area contributed by atoms with Gasteiger partial charge in [0.2, 0.25) is 5.91 Å². The molecule has 0 spiro atoms. The molecular formula is C22H27ClN4OS. The zero-order valence-corrected chi connectivity index (χ0v) is 17.9. The van der Waals surface area contributed by atoms with Crippen LogP contribution in [0.3, 0.4) is 0 Å². The molecule has 0 aliphatic carbocycles. The fraction of sp³-hybridized carbons (Fsp3) is 0.409. The summed E-state index contributed by atoms with van der Waals surface area (Å²) in [6.07, 6.45) is 1.05. The quantitative estimate of drug-likeness (QED) is 0.656. The molecule has 2 aliphatic heterocycles. The third kappa shape index (κ3) is 5.53. The van der Waals surface area contributed by atoms with Gasteiger partial charge >= 0.3 is 0 Å². The lowest BCUT2D eigenvalue weighted by Crippen LogP contribution is -2.34. The smallest absolute Gasteiger partial charge is 0.230 e. The molecule has 1 amide bonds. The van der Waals surface area contributed by atoms with Crippen LogP contribution in [-0.4, -0.2) is 48.5 Å². The van der Waals surface area contributed by atoms with Gasteiger partial charge in [-0.05, 0) is 41.8 Å². The van der Waals surface area contributed by atoms with Gasteiger partial charge in [-0.15, -0.1) is 0 Å². The Balaban J connectivity index is 1.32. The van der Waals surface area contributed by atoms with E-state index in [1.54, 1.807) is 0 Å². The first kappa shape index (κ1) is 20.7. The summed E-state index contributed by atoms with van der Waals surface area (Å²) in [5.41, 5.74) is 9.51. The molecule has 3 N–H and O–H groups in total. The Bertz CT molecular complexity index is 809. The van der Waals surface area contributed by atoms with Crippen LogP contribution in [0.5, 0.6) is 0 Å². The number of hydrogen-bond acceptors (Lipinski definition) is 5. The molecule has 2 saturated heterocycles. The maximum Gasteiger partial charge on any atom is 0.230 e. The van der Waals surface area contributed by atoms with Crippen LogP contribution < -0.4 is 16.2 Å². The van der Waals surface area contributed by atoms with Gasteiger partial charge in [-0.2, -0.15) is 11.8 Å². The number of carbonyl (C=O) groups is 1. The molecule has 5 nitrogen and oxygen atoms in total. The number of hydrogen-bond donors (Lipinski definition) is 3. The summed E-state index contributed by atoms with van der Waals surface area (Å²) in [4.78, 5) is 15.4. The molecule has 29 heavy (non-hydrogen) atoms. The number of halogens is 1. The standard InChI is InChI=1S/C22H27ClN4OS/c23-18-5-3-17(4-6-18)21-20(15-24-26-21)22(28)25-19-7-1-16(2-8-19)9-10-27-11-13-29-14-12-27/h1-8,20-21,24,26H,9-15H2,(H,25,28). The number of benzene rings is 2. The van der Waals surface area contributed by atoms with Gasteiger partial charge < -0.3 is 10.2 Å². The van der Waals surface area contributed by atoms with Gasteiger partial charge in [-0.25, -0.2) is 5.43 Å². The van der Waals surface area contributed by atoms with E-state index in [0.29, 0.717) is 11.6 Å². The van der Waals surface area contributed by atoms with Gasteiger partial charge in [0.15, 0.2) is 0 Å². The highest BCUT2D eigenvalue weighted by Crippen LogP contribution is 2.27. The minimum Gasteiger partial charge on any atom is -0.326 e. The minimum atomic E-state index is -0.187. The first-order valence-corrected chi connectivity index (χ1v) is 11.7. The molecule has 0 saturated carbocycles.